The molecule has 0 heterocycles. The molecule has 0 saturated carbocycles. The number of anilines is 1. The van der Waals surface area contributed by atoms with Crippen LogP contribution in [-0.2, 0) is 0 Å². The summed E-state index contributed by atoms with van der Waals surface area (Å²) in [6.45, 7) is 6.02. The molecule has 6 heteroatoms. The minimum atomic E-state index is -1.00. The molecule has 0 spiro atoms. The smallest absolute Gasteiger partial charge is 0.336 e. The van der Waals surface area contributed by atoms with Gasteiger partial charge in [0.1, 0.15) is 0 Å². The number of carbonyl (C=O) groups excluding carboxylic acids is 1. The van der Waals surface area contributed by atoms with E-state index in [0.717, 1.165) is 19.5 Å². The van der Waals surface area contributed by atoms with Crippen LogP contribution in [0.4, 0.5) is 10.5 Å². The van der Waals surface area contributed by atoms with Gasteiger partial charge in [-0.25, -0.2) is 9.59 Å². The molecule has 0 radical (unpaired) electrons. The summed E-state index contributed by atoms with van der Waals surface area (Å²) in [6.07, 6.45) is 0.843. The van der Waals surface area contributed by atoms with E-state index in [0.29, 0.717) is 17.8 Å². The molecule has 0 aliphatic carbocycles. The summed E-state index contributed by atoms with van der Waals surface area (Å²) < 4.78 is 0. The highest BCUT2D eigenvalue weighted by atomic mass is 16.4. The SMILES string of the molecule is CCNCCCNC(=O)Nc1cccc(C(=O)O)c1C. The quantitative estimate of drug-likeness (QED) is 0.573. The number of carboxylic acids is 1. The van der Waals surface area contributed by atoms with Gasteiger partial charge in [0.05, 0.1) is 5.56 Å². The first-order valence-corrected chi connectivity index (χ1v) is 6.64. The van der Waals surface area contributed by atoms with Crippen molar-refractivity contribution in [3.05, 3.63) is 29.3 Å². The van der Waals surface area contributed by atoms with Gasteiger partial charge in [-0.15, -0.1) is 0 Å². The van der Waals surface area contributed by atoms with Crippen LogP contribution in [0.5, 0.6) is 0 Å². The van der Waals surface area contributed by atoms with Crippen LogP contribution in [0.3, 0.4) is 0 Å². The highest BCUT2D eigenvalue weighted by Gasteiger charge is 2.11. The molecule has 6 nitrogen and oxygen atoms in total. The predicted octanol–water partition coefficient (Wildman–Crippen LogP) is 1.81. The van der Waals surface area contributed by atoms with Gasteiger partial charge in [-0.3, -0.25) is 0 Å². The number of benzene rings is 1. The maximum atomic E-state index is 11.7. The number of amides is 2. The maximum Gasteiger partial charge on any atom is 0.336 e. The zero-order chi connectivity index (χ0) is 15.0. The monoisotopic (exact) mass is 279 g/mol. The van der Waals surface area contributed by atoms with Crippen molar-refractivity contribution in [3.8, 4) is 0 Å². The van der Waals surface area contributed by atoms with E-state index in [1.54, 1.807) is 19.1 Å². The second-order valence-corrected chi connectivity index (χ2v) is 4.37. The lowest BCUT2D eigenvalue weighted by Gasteiger charge is -2.11. The van der Waals surface area contributed by atoms with Crippen molar-refractivity contribution in [1.82, 2.24) is 10.6 Å². The summed E-state index contributed by atoms with van der Waals surface area (Å²) in [5, 5.41) is 17.6. The molecule has 0 unspecified atom stereocenters. The number of nitrogens with one attached hydrogen (secondary N) is 3. The molecule has 1 rings (SSSR count). The third kappa shape index (κ3) is 4.89. The summed E-state index contributed by atoms with van der Waals surface area (Å²) in [4.78, 5) is 22.7. The first-order valence-electron chi connectivity index (χ1n) is 6.64. The molecule has 20 heavy (non-hydrogen) atoms. The summed E-state index contributed by atoms with van der Waals surface area (Å²) in [7, 11) is 0. The van der Waals surface area contributed by atoms with Crippen molar-refractivity contribution >= 4 is 17.7 Å². The number of carboxylic acid groups (broad SMARTS) is 1. The Hall–Kier alpha value is -2.08. The number of hydrogen-bond acceptors (Lipinski definition) is 3. The molecule has 0 aliphatic heterocycles. The third-order valence-electron chi connectivity index (χ3n) is 2.88. The Balaban J connectivity index is 2.50. The fraction of sp³-hybridized carbons (Fsp3) is 0.429. The number of rotatable bonds is 7. The Kier molecular flexibility index (Phi) is 6.52. The standard InChI is InChI=1S/C14H21N3O3/c1-3-15-8-5-9-16-14(20)17-12-7-4-6-11(10(12)2)13(18)19/h4,6-7,15H,3,5,8-9H2,1-2H3,(H,18,19)(H2,16,17,20). The highest BCUT2D eigenvalue weighted by molar-refractivity contribution is 5.95. The summed E-state index contributed by atoms with van der Waals surface area (Å²) >= 11 is 0. The molecule has 0 aromatic heterocycles. The van der Waals surface area contributed by atoms with Crippen molar-refractivity contribution in [2.45, 2.75) is 20.3 Å². The number of urea groups is 1. The van der Waals surface area contributed by atoms with Gasteiger partial charge in [0, 0.05) is 12.2 Å². The molecule has 0 atom stereocenters. The number of aromatic carboxylic acids is 1. The van der Waals surface area contributed by atoms with Crippen molar-refractivity contribution in [1.29, 1.82) is 0 Å². The molecule has 0 saturated heterocycles. The lowest BCUT2D eigenvalue weighted by atomic mass is 10.1. The molecule has 4 N–H and O–H groups in total. The first kappa shape index (κ1) is 16.0. The highest BCUT2D eigenvalue weighted by Crippen LogP contribution is 2.18. The van der Waals surface area contributed by atoms with Gasteiger partial charge < -0.3 is 21.1 Å². The van der Waals surface area contributed by atoms with E-state index in [-0.39, 0.29) is 11.6 Å². The molecule has 0 fully saturated rings. The van der Waals surface area contributed by atoms with E-state index in [2.05, 4.69) is 16.0 Å². The van der Waals surface area contributed by atoms with Gasteiger partial charge in [-0.05, 0) is 44.1 Å². The van der Waals surface area contributed by atoms with Crippen LogP contribution in [-0.4, -0.2) is 36.7 Å². The van der Waals surface area contributed by atoms with E-state index in [4.69, 9.17) is 5.11 Å². The lowest BCUT2D eigenvalue weighted by Crippen LogP contribution is -2.31. The van der Waals surface area contributed by atoms with Crippen LogP contribution in [0.25, 0.3) is 0 Å². The van der Waals surface area contributed by atoms with Gasteiger partial charge in [0.25, 0.3) is 0 Å². The van der Waals surface area contributed by atoms with Crippen molar-refractivity contribution in [3.63, 3.8) is 0 Å². The molecule has 0 bridgehead atoms. The van der Waals surface area contributed by atoms with E-state index in [1.807, 2.05) is 6.92 Å². The first-order chi connectivity index (χ1) is 9.56. The van der Waals surface area contributed by atoms with Gasteiger partial charge >= 0.3 is 12.0 Å². The van der Waals surface area contributed by atoms with Crippen molar-refractivity contribution < 1.29 is 14.7 Å². The van der Waals surface area contributed by atoms with Crippen LogP contribution in [0.2, 0.25) is 0 Å². The molecule has 1 aromatic carbocycles. The largest absolute Gasteiger partial charge is 0.478 e. The molecule has 0 aliphatic rings. The van der Waals surface area contributed by atoms with Crippen LogP contribution in [0, 0.1) is 6.92 Å². The van der Waals surface area contributed by atoms with Crippen molar-refractivity contribution in [2.75, 3.05) is 25.0 Å². The molecular weight excluding hydrogens is 258 g/mol. The molecule has 110 valence electrons. The Morgan fingerprint density at radius 3 is 2.65 bits per heavy atom. The maximum absolute atomic E-state index is 11.7. The summed E-state index contributed by atoms with van der Waals surface area (Å²) in [5.41, 5.74) is 1.24. The number of hydrogen-bond donors (Lipinski definition) is 4. The van der Waals surface area contributed by atoms with Crippen LogP contribution in [0.1, 0.15) is 29.3 Å². The van der Waals surface area contributed by atoms with Crippen LogP contribution >= 0.6 is 0 Å². The Labute approximate surface area is 118 Å². The lowest BCUT2D eigenvalue weighted by molar-refractivity contribution is 0.0696. The Morgan fingerprint density at radius 1 is 1.25 bits per heavy atom. The van der Waals surface area contributed by atoms with E-state index >= 15 is 0 Å². The fourth-order valence-electron chi connectivity index (χ4n) is 1.76. The van der Waals surface area contributed by atoms with Gasteiger partial charge in [-0.1, -0.05) is 13.0 Å². The normalized spacial score (nSPS) is 10.1. The average Bonchev–Trinajstić information content (AvgIpc) is 2.40. The summed E-state index contributed by atoms with van der Waals surface area (Å²) in [6, 6.07) is 4.47. The van der Waals surface area contributed by atoms with Gasteiger partial charge in [0.15, 0.2) is 0 Å². The van der Waals surface area contributed by atoms with Gasteiger partial charge in [-0.2, -0.15) is 0 Å². The molecular formula is C14H21N3O3. The minimum Gasteiger partial charge on any atom is -0.478 e. The van der Waals surface area contributed by atoms with Crippen LogP contribution in [0.15, 0.2) is 18.2 Å². The average molecular weight is 279 g/mol. The van der Waals surface area contributed by atoms with E-state index in [1.165, 1.54) is 6.07 Å². The number of carbonyl (C=O) groups is 2. The second kappa shape index (κ2) is 8.16. The van der Waals surface area contributed by atoms with Crippen LogP contribution < -0.4 is 16.0 Å². The summed E-state index contributed by atoms with van der Waals surface area (Å²) in [5.74, 6) is -1.00. The molecule has 1 aromatic rings. The third-order valence-corrected chi connectivity index (χ3v) is 2.88. The zero-order valence-electron chi connectivity index (χ0n) is 11.8. The predicted molar refractivity (Wildman–Crippen MR) is 78.3 cm³/mol. The topological polar surface area (TPSA) is 90.5 Å². The van der Waals surface area contributed by atoms with E-state index in [9.17, 15) is 9.59 Å². The Morgan fingerprint density at radius 2 is 2.00 bits per heavy atom. The van der Waals surface area contributed by atoms with E-state index < -0.39 is 5.97 Å². The zero-order valence-corrected chi connectivity index (χ0v) is 11.8. The second-order valence-electron chi connectivity index (χ2n) is 4.37. The van der Waals surface area contributed by atoms with Crippen molar-refractivity contribution in [2.24, 2.45) is 0 Å². The molecule has 2 amide bonds. The fourth-order valence-corrected chi connectivity index (χ4v) is 1.76. The minimum absolute atomic E-state index is 0.190. The Bertz CT molecular complexity index is 475. The van der Waals surface area contributed by atoms with Gasteiger partial charge in [0.2, 0.25) is 0 Å².